The van der Waals surface area contributed by atoms with Crippen LogP contribution >= 0.6 is 0 Å². The van der Waals surface area contributed by atoms with E-state index < -0.39 is 0 Å². The number of hydrogen-bond donors (Lipinski definition) is 0. The van der Waals surface area contributed by atoms with E-state index in [2.05, 4.69) is 30.3 Å². The van der Waals surface area contributed by atoms with Crippen molar-refractivity contribution in [2.45, 2.75) is 0 Å². The van der Waals surface area contributed by atoms with Gasteiger partial charge in [0.15, 0.2) is 0 Å². The topological polar surface area (TPSA) is 30.8 Å². The molecule has 150 valence electrons. The summed E-state index contributed by atoms with van der Waals surface area (Å²) >= 11 is 0. The maximum Gasteiger partial charge on any atom is 0.228 e. The Hall–Kier alpha value is -4.11. The molecule has 0 aliphatic carbocycles. The van der Waals surface area contributed by atoms with Crippen molar-refractivity contribution in [2.24, 2.45) is 4.99 Å². The Balaban J connectivity index is 1.74. The zero-order valence-electron chi connectivity index (χ0n) is 17.2. The molecule has 1 heterocycles. The minimum Gasteiger partial charge on any atom is -0.494 e. The summed E-state index contributed by atoms with van der Waals surface area (Å²) in [6, 6.07) is 36.5. The van der Waals surface area contributed by atoms with Gasteiger partial charge in [-0.2, -0.15) is 0 Å². The average molecular weight is 403 g/mol. The third kappa shape index (κ3) is 3.62. The number of methoxy groups -OCH3 is 1. The number of nitrogens with zero attached hydrogens (tertiary/aromatic N) is 1. The lowest BCUT2D eigenvalue weighted by molar-refractivity contribution is 0.416. The highest BCUT2D eigenvalue weighted by Crippen LogP contribution is 2.40. The van der Waals surface area contributed by atoms with Gasteiger partial charge in [-0.1, -0.05) is 91.0 Å². The second-order valence-electron chi connectivity index (χ2n) is 7.17. The van der Waals surface area contributed by atoms with Crippen molar-refractivity contribution in [3.05, 3.63) is 131 Å². The zero-order chi connectivity index (χ0) is 21.0. The summed E-state index contributed by atoms with van der Waals surface area (Å²) in [7, 11) is 1.65. The van der Waals surface area contributed by atoms with Crippen LogP contribution in [0.25, 0.3) is 11.3 Å². The van der Waals surface area contributed by atoms with E-state index >= 15 is 0 Å². The summed E-state index contributed by atoms with van der Waals surface area (Å²) < 4.78 is 12.0. The summed E-state index contributed by atoms with van der Waals surface area (Å²) in [6.07, 6.45) is 0. The molecule has 1 aliphatic rings. The first kappa shape index (κ1) is 18.9. The van der Waals surface area contributed by atoms with Crippen molar-refractivity contribution in [1.82, 2.24) is 0 Å². The van der Waals surface area contributed by atoms with Gasteiger partial charge in [-0.25, -0.2) is 4.99 Å². The van der Waals surface area contributed by atoms with Crippen molar-refractivity contribution < 1.29 is 9.47 Å². The Labute approximate surface area is 181 Å². The van der Waals surface area contributed by atoms with Crippen LogP contribution < -0.4 is 4.74 Å². The Bertz CT molecular complexity index is 1230. The summed E-state index contributed by atoms with van der Waals surface area (Å²) in [5, 5.41) is 0. The number of fused-ring (bicyclic) bond motifs is 1. The van der Waals surface area contributed by atoms with Crippen LogP contribution in [0.5, 0.6) is 5.75 Å². The van der Waals surface area contributed by atoms with Crippen molar-refractivity contribution in [3.63, 3.8) is 0 Å². The molecule has 0 N–H and O–H groups in total. The van der Waals surface area contributed by atoms with Crippen LogP contribution in [-0.2, 0) is 4.74 Å². The fourth-order valence-electron chi connectivity index (χ4n) is 3.81. The predicted molar refractivity (Wildman–Crippen MR) is 126 cm³/mol. The van der Waals surface area contributed by atoms with Crippen LogP contribution in [-0.4, -0.2) is 13.0 Å². The number of hydrogen-bond acceptors (Lipinski definition) is 3. The Morgan fingerprint density at radius 3 is 1.84 bits per heavy atom. The van der Waals surface area contributed by atoms with E-state index in [9.17, 15) is 0 Å². The molecule has 4 aromatic carbocycles. The molecule has 0 saturated heterocycles. The molecule has 0 fully saturated rings. The first-order chi connectivity index (χ1) is 15.3. The molecule has 0 spiro atoms. The Morgan fingerprint density at radius 1 is 0.645 bits per heavy atom. The smallest absolute Gasteiger partial charge is 0.228 e. The molecule has 5 rings (SSSR count). The van der Waals surface area contributed by atoms with Gasteiger partial charge in [-0.3, -0.25) is 0 Å². The number of aliphatic imine (C=N–C) groups is 1. The number of benzene rings is 4. The van der Waals surface area contributed by atoms with E-state index in [4.69, 9.17) is 14.5 Å². The number of ether oxygens (including phenoxy) is 2. The Kier molecular flexibility index (Phi) is 5.07. The number of para-hydroxylation sites is 2. The van der Waals surface area contributed by atoms with E-state index in [-0.39, 0.29) is 0 Å². The Morgan fingerprint density at radius 2 is 1.19 bits per heavy atom. The highest BCUT2D eigenvalue weighted by Gasteiger charge is 2.28. The highest BCUT2D eigenvalue weighted by atomic mass is 16.5. The third-order valence-corrected chi connectivity index (χ3v) is 5.26. The van der Waals surface area contributed by atoms with Gasteiger partial charge in [-0.15, -0.1) is 0 Å². The summed E-state index contributed by atoms with van der Waals surface area (Å²) in [4.78, 5) is 4.83. The highest BCUT2D eigenvalue weighted by molar-refractivity contribution is 6.13. The fraction of sp³-hybridized carbons (Fsp3) is 0.0357. The maximum absolute atomic E-state index is 6.48. The van der Waals surface area contributed by atoms with Gasteiger partial charge < -0.3 is 9.47 Å². The average Bonchev–Trinajstić information content (AvgIpc) is 3.19. The van der Waals surface area contributed by atoms with E-state index in [1.165, 1.54) is 0 Å². The van der Waals surface area contributed by atoms with E-state index in [0.29, 0.717) is 11.6 Å². The summed E-state index contributed by atoms with van der Waals surface area (Å²) in [5.41, 5.74) is 5.96. The van der Waals surface area contributed by atoms with Gasteiger partial charge in [0.2, 0.25) is 5.90 Å². The predicted octanol–water partition coefficient (Wildman–Crippen LogP) is 6.72. The minimum absolute atomic E-state index is 0.569. The van der Waals surface area contributed by atoms with Gasteiger partial charge in [0.25, 0.3) is 0 Å². The summed E-state index contributed by atoms with van der Waals surface area (Å²) in [5.74, 6) is 2.08. The molecule has 1 aliphatic heterocycles. The van der Waals surface area contributed by atoms with E-state index in [1.807, 2.05) is 78.9 Å². The van der Waals surface area contributed by atoms with Gasteiger partial charge >= 0.3 is 0 Å². The lowest BCUT2D eigenvalue weighted by Crippen LogP contribution is -1.98. The second kappa shape index (κ2) is 8.33. The summed E-state index contributed by atoms with van der Waals surface area (Å²) in [6.45, 7) is 0. The van der Waals surface area contributed by atoms with Crippen LogP contribution in [0.15, 0.2) is 114 Å². The monoisotopic (exact) mass is 403 g/mol. The molecule has 0 aromatic heterocycles. The fourth-order valence-corrected chi connectivity index (χ4v) is 3.81. The lowest BCUT2D eigenvalue weighted by atomic mass is 9.94. The largest absolute Gasteiger partial charge is 0.494 e. The molecule has 0 bridgehead atoms. The van der Waals surface area contributed by atoms with Crippen LogP contribution in [0.4, 0.5) is 5.69 Å². The van der Waals surface area contributed by atoms with E-state index in [0.717, 1.165) is 39.3 Å². The molecule has 3 nitrogen and oxygen atoms in total. The van der Waals surface area contributed by atoms with Gasteiger partial charge in [-0.05, 0) is 29.3 Å². The normalized spacial score (nSPS) is 13.6. The molecule has 0 amide bonds. The molecule has 0 atom stereocenters. The van der Waals surface area contributed by atoms with Crippen LogP contribution in [0.3, 0.4) is 0 Å². The SMILES string of the molecule is COc1ccccc1N=C1OC(=C(c2ccccc2)c2ccccc2)c2ccccc21. The molecule has 0 saturated carbocycles. The van der Waals surface area contributed by atoms with Gasteiger partial charge in [0.05, 0.1) is 7.11 Å². The third-order valence-electron chi connectivity index (χ3n) is 5.26. The molecule has 0 radical (unpaired) electrons. The molecule has 0 unspecified atom stereocenters. The van der Waals surface area contributed by atoms with Gasteiger partial charge in [0, 0.05) is 16.7 Å². The molecule has 4 aromatic rings. The van der Waals surface area contributed by atoms with E-state index in [1.54, 1.807) is 7.11 Å². The second-order valence-corrected chi connectivity index (χ2v) is 7.17. The molecular formula is C28H21NO2. The molecule has 3 heteroatoms. The molecular weight excluding hydrogens is 382 g/mol. The maximum atomic E-state index is 6.48. The van der Waals surface area contributed by atoms with Crippen molar-refractivity contribution in [3.8, 4) is 5.75 Å². The van der Waals surface area contributed by atoms with Crippen LogP contribution in [0.1, 0.15) is 22.3 Å². The molecule has 31 heavy (non-hydrogen) atoms. The lowest BCUT2D eigenvalue weighted by Gasteiger charge is -2.13. The standard InChI is InChI=1S/C28H21NO2/c1-30-25-19-11-10-18-24(25)29-28-23-17-9-8-16-22(23)27(31-28)26(20-12-4-2-5-13-20)21-14-6-3-7-15-21/h2-19H,1H3. The van der Waals surface area contributed by atoms with Crippen LogP contribution in [0.2, 0.25) is 0 Å². The van der Waals surface area contributed by atoms with Crippen molar-refractivity contribution >= 4 is 22.9 Å². The quantitative estimate of drug-likeness (QED) is 0.379. The first-order valence-electron chi connectivity index (χ1n) is 10.2. The number of rotatable bonds is 4. The first-order valence-corrected chi connectivity index (χ1v) is 10.2. The van der Waals surface area contributed by atoms with Crippen molar-refractivity contribution in [2.75, 3.05) is 7.11 Å². The van der Waals surface area contributed by atoms with Gasteiger partial charge in [0.1, 0.15) is 17.2 Å². The zero-order valence-corrected chi connectivity index (χ0v) is 17.2. The van der Waals surface area contributed by atoms with Crippen molar-refractivity contribution in [1.29, 1.82) is 0 Å². The minimum atomic E-state index is 0.569. The van der Waals surface area contributed by atoms with Crippen LogP contribution in [0, 0.1) is 0 Å².